The van der Waals surface area contributed by atoms with Gasteiger partial charge in [0.15, 0.2) is 5.69 Å². The van der Waals surface area contributed by atoms with Crippen LogP contribution in [0.3, 0.4) is 0 Å². The fourth-order valence-corrected chi connectivity index (χ4v) is 2.00. The Kier molecular flexibility index (Phi) is 6.00. The summed E-state index contributed by atoms with van der Waals surface area (Å²) in [7, 11) is 1.05. The van der Waals surface area contributed by atoms with Crippen molar-refractivity contribution in [2.24, 2.45) is 7.05 Å². The van der Waals surface area contributed by atoms with Gasteiger partial charge in [-0.1, -0.05) is 11.6 Å². The molecule has 2 unspecified atom stereocenters. The number of nitro groups is 1. The summed E-state index contributed by atoms with van der Waals surface area (Å²) >= 11 is 5.60. The van der Waals surface area contributed by atoms with Crippen LogP contribution in [-0.4, -0.2) is 38.6 Å². The second-order valence-corrected chi connectivity index (χ2v) is 4.91. The van der Waals surface area contributed by atoms with E-state index in [9.17, 15) is 23.3 Å². The third-order valence-electron chi connectivity index (χ3n) is 2.83. The maximum Gasteiger partial charge on any atom is 0.434 e. The molecular weight excluding hydrogens is 331 g/mol. The van der Waals surface area contributed by atoms with E-state index in [2.05, 4.69) is 12.0 Å². The molecule has 0 aliphatic rings. The molecule has 2 atom stereocenters. The Morgan fingerprint density at radius 3 is 2.55 bits per heavy atom. The van der Waals surface area contributed by atoms with Gasteiger partial charge in [-0.2, -0.15) is 13.2 Å². The number of ether oxygens (including phenoxy) is 1. The Morgan fingerprint density at radius 2 is 2.14 bits per heavy atom. The van der Waals surface area contributed by atoms with Crippen LogP contribution in [0.5, 0.6) is 5.88 Å². The van der Waals surface area contributed by atoms with Gasteiger partial charge in [0.25, 0.3) is 5.88 Å². The highest BCUT2D eigenvalue weighted by atomic mass is 35.5. The molecule has 11 heteroatoms. The summed E-state index contributed by atoms with van der Waals surface area (Å²) in [4.78, 5) is 9.84. The Morgan fingerprint density at radius 1 is 1.55 bits per heavy atom. The van der Waals surface area contributed by atoms with Gasteiger partial charge in [-0.15, -0.1) is 5.10 Å². The Labute approximate surface area is 128 Å². The molecular formula is C11H14ClF3N3O4. The van der Waals surface area contributed by atoms with Gasteiger partial charge in [-0.3, -0.25) is 14.8 Å². The summed E-state index contributed by atoms with van der Waals surface area (Å²) in [6.45, 7) is 2.73. The van der Waals surface area contributed by atoms with E-state index in [4.69, 9.17) is 21.4 Å². The predicted octanol–water partition coefficient (Wildman–Crippen LogP) is 2.09. The monoisotopic (exact) mass is 344 g/mol. The van der Waals surface area contributed by atoms with Gasteiger partial charge in [0, 0.05) is 25.3 Å². The molecule has 1 heterocycles. The first kappa shape index (κ1) is 18.5. The van der Waals surface area contributed by atoms with Crippen LogP contribution in [0.1, 0.15) is 18.5 Å². The van der Waals surface area contributed by atoms with Gasteiger partial charge in [0.1, 0.15) is 11.1 Å². The molecule has 22 heavy (non-hydrogen) atoms. The highest BCUT2D eigenvalue weighted by molar-refractivity contribution is 6.32. The van der Waals surface area contributed by atoms with Crippen molar-refractivity contribution in [3.8, 4) is 5.88 Å². The van der Waals surface area contributed by atoms with Crippen molar-refractivity contribution in [3.63, 3.8) is 0 Å². The molecule has 1 aromatic rings. The molecule has 125 valence electrons. The van der Waals surface area contributed by atoms with Crippen molar-refractivity contribution in [3.05, 3.63) is 27.8 Å². The third kappa shape index (κ3) is 4.47. The van der Waals surface area contributed by atoms with E-state index >= 15 is 0 Å². The number of rotatable bonds is 7. The van der Waals surface area contributed by atoms with Crippen molar-refractivity contribution in [1.29, 1.82) is 0 Å². The topological polar surface area (TPSA) is 90.4 Å². The van der Waals surface area contributed by atoms with Crippen molar-refractivity contribution in [2.45, 2.75) is 31.2 Å². The second-order valence-electron chi connectivity index (χ2n) is 4.53. The van der Waals surface area contributed by atoms with Crippen LogP contribution in [-0.2, 0) is 13.2 Å². The van der Waals surface area contributed by atoms with Crippen molar-refractivity contribution in [2.75, 3.05) is 6.61 Å². The summed E-state index contributed by atoms with van der Waals surface area (Å²) in [6, 6.07) is -1.11. The summed E-state index contributed by atoms with van der Waals surface area (Å²) in [6.07, 6.45) is -5.69. The standard InChI is InChI=1S/C11H14ClF3N3O4/c1-6(18(20)21)3-4-7(5-19)22-10-8(12)9(11(13,14)15)17(2)16-10/h6-7,19H,1,3-5H2,2H3. The first-order valence-electron chi connectivity index (χ1n) is 6.11. The fourth-order valence-electron chi connectivity index (χ4n) is 1.69. The lowest BCUT2D eigenvalue weighted by molar-refractivity contribution is -0.511. The SMILES string of the molecule is [CH2]C(CCC(CO)Oc1nn(C)c(C(F)(F)F)c1Cl)[N+](=O)[O-]. The number of hydrogen-bond acceptors (Lipinski definition) is 5. The molecule has 1 N–H and O–H groups in total. The minimum Gasteiger partial charge on any atom is -0.470 e. The first-order chi connectivity index (χ1) is 10.1. The molecule has 7 nitrogen and oxygen atoms in total. The molecule has 1 aromatic heterocycles. The molecule has 0 amide bonds. The average molecular weight is 345 g/mol. The van der Waals surface area contributed by atoms with Crippen LogP contribution in [0.4, 0.5) is 13.2 Å². The molecule has 0 saturated heterocycles. The maximum absolute atomic E-state index is 12.8. The van der Waals surface area contributed by atoms with E-state index in [-0.39, 0.29) is 12.8 Å². The van der Waals surface area contributed by atoms with E-state index in [1.165, 1.54) is 0 Å². The number of alkyl halides is 3. The van der Waals surface area contributed by atoms with E-state index in [1.54, 1.807) is 0 Å². The fraction of sp³-hybridized carbons (Fsp3) is 0.636. The van der Waals surface area contributed by atoms with Crippen molar-refractivity contribution in [1.82, 2.24) is 9.78 Å². The maximum atomic E-state index is 12.8. The number of aliphatic hydroxyl groups is 1. The first-order valence-corrected chi connectivity index (χ1v) is 6.49. The van der Waals surface area contributed by atoms with Crippen molar-refractivity contribution < 1.29 is 27.9 Å². The molecule has 0 aliphatic heterocycles. The normalized spacial score (nSPS) is 14.7. The zero-order chi connectivity index (χ0) is 17.1. The molecule has 0 saturated carbocycles. The second kappa shape index (κ2) is 7.14. The van der Waals surface area contributed by atoms with Gasteiger partial charge in [-0.05, 0) is 6.42 Å². The van der Waals surface area contributed by atoms with Gasteiger partial charge < -0.3 is 9.84 Å². The van der Waals surface area contributed by atoms with Crippen LogP contribution < -0.4 is 4.74 Å². The smallest absolute Gasteiger partial charge is 0.434 e. The van der Waals surface area contributed by atoms with E-state index < -0.39 is 46.4 Å². The number of aryl methyl sites for hydroxylation is 1. The van der Waals surface area contributed by atoms with Gasteiger partial charge >= 0.3 is 6.18 Å². The molecule has 0 aliphatic carbocycles. The molecule has 0 fully saturated rings. The minimum atomic E-state index is -4.71. The largest absolute Gasteiger partial charge is 0.470 e. The van der Waals surface area contributed by atoms with Crippen LogP contribution >= 0.6 is 11.6 Å². The Bertz CT molecular complexity index is 535. The van der Waals surface area contributed by atoms with Crippen LogP contribution in [0, 0.1) is 17.0 Å². The zero-order valence-electron chi connectivity index (χ0n) is 11.5. The third-order valence-corrected chi connectivity index (χ3v) is 3.17. The molecule has 0 bridgehead atoms. The van der Waals surface area contributed by atoms with E-state index in [1.807, 2.05) is 0 Å². The number of hydrogen-bond donors (Lipinski definition) is 1. The molecule has 0 aromatic carbocycles. The zero-order valence-corrected chi connectivity index (χ0v) is 12.3. The van der Waals surface area contributed by atoms with Crippen molar-refractivity contribution >= 4 is 11.6 Å². The lowest BCUT2D eigenvalue weighted by Crippen LogP contribution is -2.25. The van der Waals surface area contributed by atoms with Gasteiger partial charge in [-0.25, -0.2) is 0 Å². The van der Waals surface area contributed by atoms with E-state index in [0.717, 1.165) is 7.05 Å². The summed E-state index contributed by atoms with van der Waals surface area (Å²) in [5.41, 5.74) is -1.18. The minimum absolute atomic E-state index is 0.0138. The summed E-state index contributed by atoms with van der Waals surface area (Å²) in [5.74, 6) is -0.489. The molecule has 1 radical (unpaired) electrons. The number of halogens is 4. The molecule has 1 rings (SSSR count). The van der Waals surface area contributed by atoms with Crippen LogP contribution in [0.25, 0.3) is 0 Å². The van der Waals surface area contributed by atoms with Crippen LogP contribution in [0.2, 0.25) is 5.02 Å². The van der Waals surface area contributed by atoms with Crippen LogP contribution in [0.15, 0.2) is 0 Å². The number of aromatic nitrogens is 2. The number of aliphatic hydroxyl groups excluding tert-OH is 1. The predicted molar refractivity (Wildman–Crippen MR) is 70.1 cm³/mol. The quantitative estimate of drug-likeness (QED) is 0.604. The highest BCUT2D eigenvalue weighted by Gasteiger charge is 2.39. The highest BCUT2D eigenvalue weighted by Crippen LogP contribution is 2.39. The van der Waals surface area contributed by atoms with E-state index in [0.29, 0.717) is 4.68 Å². The number of nitrogens with zero attached hydrogens (tertiary/aromatic N) is 3. The van der Waals surface area contributed by atoms with Gasteiger partial charge in [0.05, 0.1) is 6.61 Å². The molecule has 0 spiro atoms. The average Bonchev–Trinajstić information content (AvgIpc) is 2.67. The van der Waals surface area contributed by atoms with Gasteiger partial charge in [0.2, 0.25) is 6.04 Å². The lowest BCUT2D eigenvalue weighted by atomic mass is 10.1. The lowest BCUT2D eigenvalue weighted by Gasteiger charge is -2.15. The Balaban J connectivity index is 2.82. The Hall–Kier alpha value is -1.55. The summed E-state index contributed by atoms with van der Waals surface area (Å²) < 4.78 is 43.9. The summed E-state index contributed by atoms with van der Waals surface area (Å²) in [5, 5.41) is 22.4.